The van der Waals surface area contributed by atoms with Crippen LogP contribution in [0.25, 0.3) is 0 Å². The quantitative estimate of drug-likeness (QED) is 0.262. The minimum atomic E-state index is -2.74. The number of methoxy groups -OCH3 is 1. The summed E-state index contributed by atoms with van der Waals surface area (Å²) < 4.78 is 7.41. The van der Waals surface area contributed by atoms with E-state index in [0.717, 1.165) is 38.4 Å². The Morgan fingerprint density at radius 2 is 1.76 bits per heavy atom. The zero-order valence-corrected chi connectivity index (χ0v) is 21.7. The van der Waals surface area contributed by atoms with E-state index in [0.29, 0.717) is 6.04 Å². The van der Waals surface area contributed by atoms with Crippen LogP contribution < -0.4 is 0 Å². The number of hydrogen-bond donors (Lipinski definition) is 4. The third-order valence-corrected chi connectivity index (χ3v) is 6.23. The lowest BCUT2D eigenvalue weighted by molar-refractivity contribution is -0.170. The normalized spacial score (nSPS) is 14.1. The van der Waals surface area contributed by atoms with E-state index in [1.165, 1.54) is 37.7 Å². The lowest BCUT2D eigenvalue weighted by atomic mass is 9.96. The molecule has 0 bridgehead atoms. The van der Waals surface area contributed by atoms with Gasteiger partial charge in [0, 0.05) is 51.3 Å². The molecule has 0 unspecified atom stereocenters. The van der Waals surface area contributed by atoms with Crippen molar-refractivity contribution in [1.82, 2.24) is 19.7 Å². The number of rotatable bonds is 14. The summed E-state index contributed by atoms with van der Waals surface area (Å²) in [6, 6.07) is 6.71. The van der Waals surface area contributed by atoms with Crippen molar-refractivity contribution in [3.8, 4) is 0 Å². The smallest absolute Gasteiger partial charge is 0.336 e. The molecule has 1 aliphatic rings. The lowest BCUT2D eigenvalue weighted by Crippen LogP contribution is -2.42. The first-order valence-corrected chi connectivity index (χ1v) is 12.7. The maximum absolute atomic E-state index is 10.3. The third kappa shape index (κ3) is 11.0. The van der Waals surface area contributed by atoms with Crippen LogP contribution >= 0.6 is 0 Å². The van der Waals surface area contributed by atoms with Gasteiger partial charge in [-0.15, -0.1) is 0 Å². The molecule has 210 valence electrons. The van der Waals surface area contributed by atoms with Crippen molar-refractivity contribution >= 4 is 17.9 Å². The summed E-state index contributed by atoms with van der Waals surface area (Å²) in [5.41, 5.74) is -0.337. The van der Waals surface area contributed by atoms with Gasteiger partial charge in [0.2, 0.25) is 0 Å². The van der Waals surface area contributed by atoms with E-state index < -0.39 is 36.4 Å². The van der Waals surface area contributed by atoms with Gasteiger partial charge in [-0.25, -0.2) is 4.79 Å². The topological polar surface area (TPSA) is 175 Å². The zero-order valence-electron chi connectivity index (χ0n) is 21.7. The SMILES string of the molecule is COCCCN(Cc1cnn(C2CCCCC2)c1)Cc1ccccn1.O=C(O)CC(O)(CC(=O)O)C(=O)O. The first-order valence-electron chi connectivity index (χ1n) is 12.7. The van der Waals surface area contributed by atoms with Crippen LogP contribution in [-0.2, 0) is 32.2 Å². The van der Waals surface area contributed by atoms with Gasteiger partial charge in [0.1, 0.15) is 0 Å². The molecular weight excluding hydrogens is 496 g/mol. The molecule has 2 heterocycles. The van der Waals surface area contributed by atoms with E-state index in [4.69, 9.17) is 25.2 Å². The second-order valence-corrected chi connectivity index (χ2v) is 9.48. The molecule has 0 spiro atoms. The molecule has 38 heavy (non-hydrogen) atoms. The Hall–Kier alpha value is -3.35. The average Bonchev–Trinajstić information content (AvgIpc) is 3.33. The fourth-order valence-corrected chi connectivity index (χ4v) is 4.34. The molecule has 1 fully saturated rings. The van der Waals surface area contributed by atoms with Gasteiger partial charge in [0.15, 0.2) is 5.60 Å². The van der Waals surface area contributed by atoms with Crippen LogP contribution in [-0.4, -0.2) is 83.9 Å². The Morgan fingerprint density at radius 3 is 2.32 bits per heavy atom. The molecule has 0 saturated heterocycles. The molecule has 3 rings (SSSR count). The van der Waals surface area contributed by atoms with Crippen LogP contribution in [0.15, 0.2) is 36.8 Å². The third-order valence-electron chi connectivity index (χ3n) is 6.23. The number of pyridine rings is 1. The molecule has 0 aromatic carbocycles. The van der Waals surface area contributed by atoms with Crippen molar-refractivity contribution in [2.45, 2.75) is 76.1 Å². The number of ether oxygens (including phenoxy) is 1. The summed E-state index contributed by atoms with van der Waals surface area (Å²) >= 11 is 0. The summed E-state index contributed by atoms with van der Waals surface area (Å²) in [6.07, 6.45) is 11.5. The Bertz CT molecular complexity index is 992. The summed E-state index contributed by atoms with van der Waals surface area (Å²) in [6.45, 7) is 3.56. The van der Waals surface area contributed by atoms with Gasteiger partial charge >= 0.3 is 17.9 Å². The highest BCUT2D eigenvalue weighted by molar-refractivity contribution is 5.88. The predicted molar refractivity (Wildman–Crippen MR) is 136 cm³/mol. The number of aliphatic hydroxyl groups is 1. The Kier molecular flexibility index (Phi) is 12.8. The van der Waals surface area contributed by atoms with Crippen LogP contribution in [0.1, 0.15) is 68.7 Å². The predicted octanol–water partition coefficient (Wildman–Crippen LogP) is 2.57. The van der Waals surface area contributed by atoms with Crippen molar-refractivity contribution in [3.05, 3.63) is 48.0 Å². The average molecular weight is 535 g/mol. The standard InChI is InChI=1S/C20H30N4O.C6H8O7/c1-25-13-7-12-23(17-19-8-5-6-11-21-19)15-18-14-22-24(16-18)20-9-3-2-4-10-20;7-3(8)1-6(13,5(11)12)2-4(9)10/h5-6,8,11,14,16,20H,2-4,7,9-10,12-13,15,17H2,1H3;13H,1-2H2,(H,7,8)(H,9,10)(H,11,12). The molecule has 2 aromatic heterocycles. The molecule has 0 aliphatic heterocycles. The summed E-state index contributed by atoms with van der Waals surface area (Å²) in [5, 5.41) is 38.5. The highest BCUT2D eigenvalue weighted by Gasteiger charge is 2.40. The van der Waals surface area contributed by atoms with E-state index in [1.807, 2.05) is 18.5 Å². The van der Waals surface area contributed by atoms with Gasteiger partial charge in [-0.1, -0.05) is 25.3 Å². The van der Waals surface area contributed by atoms with Crippen molar-refractivity contribution in [2.75, 3.05) is 20.3 Å². The summed E-state index contributed by atoms with van der Waals surface area (Å²) in [5.74, 6) is -5.02. The summed E-state index contributed by atoms with van der Waals surface area (Å²) in [4.78, 5) is 37.4. The Balaban J connectivity index is 0.000000332. The molecule has 0 radical (unpaired) electrons. The Labute approximate surface area is 221 Å². The van der Waals surface area contributed by atoms with Crippen LogP contribution in [0.2, 0.25) is 0 Å². The molecule has 4 N–H and O–H groups in total. The van der Waals surface area contributed by atoms with Gasteiger partial charge in [-0.2, -0.15) is 5.10 Å². The molecule has 0 amide bonds. The maximum atomic E-state index is 10.3. The van der Waals surface area contributed by atoms with Crippen LogP contribution in [0, 0.1) is 0 Å². The van der Waals surface area contributed by atoms with E-state index >= 15 is 0 Å². The minimum Gasteiger partial charge on any atom is -0.481 e. The van der Waals surface area contributed by atoms with E-state index in [2.05, 4.69) is 38.0 Å². The number of carboxylic acid groups (broad SMARTS) is 3. The number of aromatic nitrogens is 3. The molecule has 1 saturated carbocycles. The van der Waals surface area contributed by atoms with Gasteiger partial charge in [0.05, 0.1) is 30.8 Å². The molecule has 1 aliphatic carbocycles. The second kappa shape index (κ2) is 15.8. The van der Waals surface area contributed by atoms with Crippen LogP contribution in [0.5, 0.6) is 0 Å². The maximum Gasteiger partial charge on any atom is 0.336 e. The highest BCUT2D eigenvalue weighted by Crippen LogP contribution is 2.27. The largest absolute Gasteiger partial charge is 0.481 e. The van der Waals surface area contributed by atoms with Crippen molar-refractivity contribution < 1.29 is 39.5 Å². The van der Waals surface area contributed by atoms with Gasteiger partial charge in [-0.3, -0.25) is 24.2 Å². The zero-order chi connectivity index (χ0) is 28.0. The number of aliphatic carboxylic acids is 3. The monoisotopic (exact) mass is 534 g/mol. The van der Waals surface area contributed by atoms with Crippen LogP contribution in [0.4, 0.5) is 0 Å². The first-order chi connectivity index (χ1) is 18.1. The van der Waals surface area contributed by atoms with Gasteiger partial charge in [-0.05, 0) is 31.4 Å². The molecule has 0 atom stereocenters. The summed E-state index contributed by atoms with van der Waals surface area (Å²) in [7, 11) is 1.76. The molecular formula is C26H38N4O8. The van der Waals surface area contributed by atoms with Crippen molar-refractivity contribution in [1.29, 1.82) is 0 Å². The molecule has 2 aromatic rings. The fraction of sp³-hybridized carbons (Fsp3) is 0.577. The van der Waals surface area contributed by atoms with E-state index in [-0.39, 0.29) is 0 Å². The number of carboxylic acids is 3. The van der Waals surface area contributed by atoms with Gasteiger partial charge < -0.3 is 25.2 Å². The number of carbonyl (C=O) groups is 3. The lowest BCUT2D eigenvalue weighted by Gasteiger charge is -2.22. The van der Waals surface area contributed by atoms with Crippen molar-refractivity contribution in [3.63, 3.8) is 0 Å². The van der Waals surface area contributed by atoms with Crippen LogP contribution in [0.3, 0.4) is 0 Å². The minimum absolute atomic E-state index is 0.597. The van der Waals surface area contributed by atoms with E-state index in [1.54, 1.807) is 7.11 Å². The molecule has 12 nitrogen and oxygen atoms in total. The number of hydrogen-bond acceptors (Lipinski definition) is 8. The fourth-order valence-electron chi connectivity index (χ4n) is 4.34. The van der Waals surface area contributed by atoms with E-state index in [9.17, 15) is 14.4 Å². The molecule has 12 heteroatoms. The Morgan fingerprint density at radius 1 is 1.08 bits per heavy atom. The first kappa shape index (κ1) is 30.9. The van der Waals surface area contributed by atoms with Crippen molar-refractivity contribution in [2.24, 2.45) is 0 Å². The number of nitrogens with zero attached hydrogens (tertiary/aromatic N) is 4. The second-order valence-electron chi connectivity index (χ2n) is 9.48. The van der Waals surface area contributed by atoms with Gasteiger partial charge in [0.25, 0.3) is 0 Å². The highest BCUT2D eigenvalue weighted by atomic mass is 16.5.